The van der Waals surface area contributed by atoms with Crippen LogP contribution in [0.5, 0.6) is 5.75 Å². The molecule has 236 valence electrons. The van der Waals surface area contributed by atoms with Crippen LogP contribution in [0.15, 0.2) is 42.7 Å². The first-order valence-electron chi connectivity index (χ1n) is 14.4. The smallest absolute Gasteiger partial charge is 0.453 e. The number of aryl methyl sites for hydroxylation is 1. The fraction of sp³-hybridized carbons (Fsp3) is 0.633. The molecule has 2 nitrogen and oxygen atoms in total. The second kappa shape index (κ2) is 18.6. The second-order valence-corrected chi connectivity index (χ2v) is 18.6. The Bertz CT molecular complexity index is 1050. The normalized spacial score (nSPS) is 18.5. The van der Waals surface area contributed by atoms with Gasteiger partial charge in [0.05, 0.1) is 6.61 Å². The van der Waals surface area contributed by atoms with Gasteiger partial charge in [0.15, 0.2) is 0 Å². The number of thioether (sulfide) groups is 1. The summed E-state index contributed by atoms with van der Waals surface area (Å²) in [4.78, 5) is 4.20. The van der Waals surface area contributed by atoms with Crippen molar-refractivity contribution in [3.05, 3.63) is 59.4 Å². The highest BCUT2D eigenvalue weighted by atomic mass is 79.9. The molecule has 1 aromatic heterocycles. The fourth-order valence-corrected chi connectivity index (χ4v) is 6.25. The summed E-state index contributed by atoms with van der Waals surface area (Å²) >= 11 is 10.8. The van der Waals surface area contributed by atoms with Crippen molar-refractivity contribution in [2.24, 2.45) is 0 Å². The molecule has 0 N–H and O–H groups in total. The van der Waals surface area contributed by atoms with Crippen molar-refractivity contribution >= 4 is 62.2 Å². The van der Waals surface area contributed by atoms with Crippen LogP contribution in [0.1, 0.15) is 93.7 Å². The Hall–Kier alpha value is -0.325. The highest BCUT2D eigenvalue weighted by Crippen LogP contribution is 2.49. The maximum absolute atomic E-state index is 12.9. The molecule has 12 heteroatoms. The van der Waals surface area contributed by atoms with E-state index in [-0.39, 0.29) is 15.0 Å². The lowest BCUT2D eigenvalue weighted by atomic mass is 9.66. The first-order valence-corrected chi connectivity index (χ1v) is 18.3. The molecule has 1 aromatic carbocycles. The zero-order chi connectivity index (χ0) is 31.2. The lowest BCUT2D eigenvalue weighted by Crippen LogP contribution is -2.40. The average Bonchev–Trinajstić information content (AvgIpc) is 2.92. The minimum absolute atomic E-state index is 0.106. The number of fused-ring (bicyclic) bond motifs is 1. The van der Waals surface area contributed by atoms with Crippen molar-refractivity contribution < 1.29 is 26.7 Å². The number of halogens is 8. The van der Waals surface area contributed by atoms with E-state index >= 15 is 0 Å². The van der Waals surface area contributed by atoms with Crippen molar-refractivity contribution in [2.75, 3.05) is 18.1 Å². The number of pyridine rings is 1. The molecular formula is C30H40BBr3F5NOS. The van der Waals surface area contributed by atoms with Gasteiger partial charge in [-0.1, -0.05) is 57.6 Å². The SMILES string of the molecule is BrB(Br)Br.Cc1ccc2c(c1)OC[C@](C)(c1ccncc1)[C@@H]2CCCCCCCCCSCCCC(F)(F)C(F)(F)F. The maximum atomic E-state index is 12.9. The largest absolute Gasteiger partial charge is 0.492 e. The van der Waals surface area contributed by atoms with Crippen LogP contribution in [0.4, 0.5) is 22.0 Å². The molecule has 0 bridgehead atoms. The Balaban J connectivity index is 0.00000144. The van der Waals surface area contributed by atoms with Gasteiger partial charge in [0, 0.05) is 30.1 Å². The number of benzene rings is 1. The number of aromatic nitrogens is 1. The van der Waals surface area contributed by atoms with Gasteiger partial charge in [-0.3, -0.25) is 4.98 Å². The average molecular weight is 808 g/mol. The van der Waals surface area contributed by atoms with Crippen molar-refractivity contribution in [1.29, 1.82) is 0 Å². The number of alkyl halides is 5. The second-order valence-electron chi connectivity index (χ2n) is 11.0. The molecule has 2 heterocycles. The molecule has 42 heavy (non-hydrogen) atoms. The maximum Gasteiger partial charge on any atom is 0.453 e. The van der Waals surface area contributed by atoms with Crippen LogP contribution in [0.25, 0.3) is 0 Å². The molecule has 0 saturated heterocycles. The van der Waals surface area contributed by atoms with Crippen molar-refractivity contribution in [3.8, 4) is 5.75 Å². The van der Waals surface area contributed by atoms with Crippen molar-refractivity contribution in [3.63, 3.8) is 0 Å². The fourth-order valence-electron chi connectivity index (χ4n) is 5.29. The van der Waals surface area contributed by atoms with Gasteiger partial charge in [-0.05, 0) is 72.6 Å². The van der Waals surface area contributed by atoms with Gasteiger partial charge in [0.2, 0.25) is 0 Å². The Morgan fingerprint density at radius 3 is 2.10 bits per heavy atom. The predicted octanol–water partition coefficient (Wildman–Crippen LogP) is 11.8. The molecular weight excluding hydrogens is 768 g/mol. The first kappa shape index (κ1) is 37.9. The minimum atomic E-state index is -5.44. The van der Waals surface area contributed by atoms with Gasteiger partial charge in [-0.25, -0.2) is 0 Å². The summed E-state index contributed by atoms with van der Waals surface area (Å²) in [6, 6.07) is 10.7. The van der Waals surface area contributed by atoms with Crippen LogP contribution in [-0.2, 0) is 5.41 Å². The summed E-state index contributed by atoms with van der Waals surface area (Å²) in [6.45, 7) is 5.05. The molecule has 1 aliphatic rings. The number of unbranched alkanes of at least 4 members (excludes halogenated alkanes) is 6. The van der Waals surface area contributed by atoms with E-state index < -0.39 is 18.5 Å². The van der Waals surface area contributed by atoms with Crippen LogP contribution in [0, 0.1) is 6.92 Å². The highest BCUT2D eigenvalue weighted by Gasteiger charge is 2.56. The molecule has 0 fully saturated rings. The third-order valence-electron chi connectivity index (χ3n) is 7.66. The molecule has 0 radical (unpaired) electrons. The summed E-state index contributed by atoms with van der Waals surface area (Å²) < 4.78 is 68.8. The molecule has 1 aliphatic heterocycles. The molecule has 0 spiro atoms. The first-order chi connectivity index (χ1) is 19.8. The molecule has 0 unspecified atom stereocenters. The van der Waals surface area contributed by atoms with Crippen LogP contribution in [0.3, 0.4) is 0 Å². The number of hydrogen-bond acceptors (Lipinski definition) is 3. The van der Waals surface area contributed by atoms with Gasteiger partial charge in [0.1, 0.15) is 5.75 Å². The van der Waals surface area contributed by atoms with E-state index in [1.807, 2.05) is 12.4 Å². The van der Waals surface area contributed by atoms with Crippen molar-refractivity contribution in [2.45, 2.75) is 101 Å². The zero-order valence-corrected chi connectivity index (χ0v) is 29.8. The number of rotatable bonds is 15. The predicted molar refractivity (Wildman–Crippen MR) is 178 cm³/mol. The minimum Gasteiger partial charge on any atom is -0.492 e. The van der Waals surface area contributed by atoms with Gasteiger partial charge >= 0.3 is 15.3 Å². The molecule has 0 amide bonds. The number of ether oxygens (including phenoxy) is 1. The van der Waals surface area contributed by atoms with Crippen LogP contribution in [0.2, 0.25) is 0 Å². The Morgan fingerprint density at radius 2 is 1.48 bits per heavy atom. The molecule has 0 saturated carbocycles. The van der Waals surface area contributed by atoms with E-state index in [2.05, 4.69) is 96.4 Å². The Morgan fingerprint density at radius 1 is 0.905 bits per heavy atom. The lowest BCUT2D eigenvalue weighted by Gasteiger charge is -2.43. The topological polar surface area (TPSA) is 22.1 Å². The van der Waals surface area contributed by atoms with E-state index in [1.54, 1.807) is 0 Å². The van der Waals surface area contributed by atoms with E-state index in [1.165, 1.54) is 41.3 Å². The van der Waals surface area contributed by atoms with Gasteiger partial charge in [0.25, 0.3) is 0 Å². The summed E-state index contributed by atoms with van der Waals surface area (Å²) in [5.41, 5.74) is 3.65. The monoisotopic (exact) mass is 805 g/mol. The molecule has 0 aliphatic carbocycles. The molecule has 3 rings (SSSR count). The van der Waals surface area contributed by atoms with E-state index in [0.29, 0.717) is 18.3 Å². The van der Waals surface area contributed by atoms with E-state index in [4.69, 9.17) is 4.74 Å². The van der Waals surface area contributed by atoms with Gasteiger partial charge in [-0.2, -0.15) is 33.7 Å². The molecule has 2 aromatic rings. The van der Waals surface area contributed by atoms with Crippen LogP contribution >= 0.6 is 59.0 Å². The number of nitrogens with zero attached hydrogens (tertiary/aromatic N) is 1. The van der Waals surface area contributed by atoms with Crippen molar-refractivity contribution in [1.82, 2.24) is 4.98 Å². The van der Waals surface area contributed by atoms with Crippen LogP contribution in [-0.4, -0.2) is 38.4 Å². The van der Waals surface area contributed by atoms with E-state index in [0.717, 1.165) is 50.0 Å². The summed E-state index contributed by atoms with van der Waals surface area (Å²) in [5, 5.41) is 0. The van der Waals surface area contributed by atoms with E-state index in [9.17, 15) is 22.0 Å². The molecule has 2 atom stereocenters. The highest BCUT2D eigenvalue weighted by molar-refractivity contribution is 9.69. The summed E-state index contributed by atoms with van der Waals surface area (Å²) in [5.74, 6) is -2.03. The number of hydrogen-bond donors (Lipinski definition) is 0. The van der Waals surface area contributed by atoms with Gasteiger partial charge in [-0.15, -0.1) is 47.3 Å². The van der Waals surface area contributed by atoms with Gasteiger partial charge < -0.3 is 4.74 Å². The summed E-state index contributed by atoms with van der Waals surface area (Å²) in [7, 11) is 0. The standard InChI is InChI=1S/C30H40F5NOS.BBr3/c1-23-12-13-25-26(28(2,22-37-27(25)21-23)24-14-17-36-18-15-24)11-8-6-4-3-5-7-9-19-38-20-10-16-29(31,32)30(33,34)35;2-1(3)4/h12-15,17-18,21,26H,3-11,16,19-20,22H2,1-2H3;/t26-,28-;/m1./s1. The quantitative estimate of drug-likeness (QED) is 0.102. The Labute approximate surface area is 277 Å². The lowest BCUT2D eigenvalue weighted by molar-refractivity contribution is -0.284. The summed E-state index contributed by atoms with van der Waals surface area (Å²) in [6.07, 6.45) is 5.96. The van der Waals surface area contributed by atoms with Crippen LogP contribution < -0.4 is 4.74 Å². The third-order valence-corrected chi connectivity index (χ3v) is 8.81. The Kier molecular flexibility index (Phi) is 16.8. The third kappa shape index (κ3) is 12.6. The zero-order valence-electron chi connectivity index (χ0n) is 24.2.